The number of hydrogen-bond donors (Lipinski definition) is 1. The van der Waals surface area contributed by atoms with Crippen LogP contribution in [0.3, 0.4) is 0 Å². The molecule has 0 aromatic heterocycles. The minimum atomic E-state index is -0.620. The molecule has 2 N–H and O–H groups in total. The van der Waals surface area contributed by atoms with E-state index in [4.69, 9.17) is 15.2 Å². The number of carbonyl (C=O) groups is 2. The van der Waals surface area contributed by atoms with Crippen molar-refractivity contribution in [2.24, 2.45) is 11.7 Å². The Morgan fingerprint density at radius 3 is 2.48 bits per heavy atom. The molecule has 1 aromatic carbocycles. The normalized spacial score (nSPS) is 21.9. The Balaban J connectivity index is 1.61. The lowest BCUT2D eigenvalue weighted by Crippen LogP contribution is -2.50. The zero-order chi connectivity index (χ0) is 14.8. The molecule has 3 rings (SSSR count). The molecular formula is C15H18N2O4. The lowest BCUT2D eigenvalue weighted by Gasteiger charge is -2.34. The maximum Gasteiger partial charge on any atom is 0.267 e. The number of rotatable bonds is 2. The number of fused-ring (bicyclic) bond motifs is 1. The number of piperidine rings is 1. The molecule has 0 aliphatic carbocycles. The van der Waals surface area contributed by atoms with Crippen LogP contribution in [0.1, 0.15) is 12.8 Å². The Hall–Kier alpha value is -2.24. The van der Waals surface area contributed by atoms with Gasteiger partial charge in [0.15, 0.2) is 11.5 Å². The maximum absolute atomic E-state index is 12.4. The molecular weight excluding hydrogens is 272 g/mol. The van der Waals surface area contributed by atoms with Crippen LogP contribution in [-0.2, 0) is 9.59 Å². The predicted molar refractivity (Wildman–Crippen MR) is 74.9 cm³/mol. The third-order valence-electron chi connectivity index (χ3n) is 3.99. The molecule has 21 heavy (non-hydrogen) atoms. The van der Waals surface area contributed by atoms with E-state index in [1.54, 1.807) is 11.0 Å². The van der Waals surface area contributed by atoms with E-state index in [1.165, 1.54) is 0 Å². The molecule has 1 aromatic rings. The fourth-order valence-electron chi connectivity index (χ4n) is 2.73. The van der Waals surface area contributed by atoms with Crippen molar-refractivity contribution in [3.8, 4) is 11.5 Å². The van der Waals surface area contributed by atoms with Gasteiger partial charge in [-0.05, 0) is 25.0 Å². The summed E-state index contributed by atoms with van der Waals surface area (Å²) in [5, 5.41) is 0. The topological polar surface area (TPSA) is 81.9 Å². The average molecular weight is 290 g/mol. The lowest BCUT2D eigenvalue weighted by molar-refractivity contribution is -0.143. The molecule has 1 saturated heterocycles. The van der Waals surface area contributed by atoms with Crippen molar-refractivity contribution in [2.75, 3.05) is 19.7 Å². The van der Waals surface area contributed by atoms with Gasteiger partial charge in [0.25, 0.3) is 5.91 Å². The summed E-state index contributed by atoms with van der Waals surface area (Å²) < 4.78 is 11.3. The van der Waals surface area contributed by atoms with Crippen LogP contribution in [0.25, 0.3) is 0 Å². The predicted octanol–water partition coefficient (Wildman–Crippen LogP) is 0.550. The standard InChI is InChI=1S/C15H18N2O4/c16-14(18)10-5-7-17(8-6-10)15(19)13-9-20-11-3-1-2-4-12(11)21-13/h1-4,10,13H,5-9H2,(H2,16,18). The largest absolute Gasteiger partial charge is 0.485 e. The first-order chi connectivity index (χ1) is 10.1. The molecule has 112 valence electrons. The minimum absolute atomic E-state index is 0.0903. The highest BCUT2D eigenvalue weighted by Crippen LogP contribution is 2.31. The van der Waals surface area contributed by atoms with E-state index >= 15 is 0 Å². The number of para-hydroxylation sites is 2. The van der Waals surface area contributed by atoms with Crippen LogP contribution in [0, 0.1) is 5.92 Å². The van der Waals surface area contributed by atoms with Gasteiger partial charge in [-0.15, -0.1) is 0 Å². The number of carbonyl (C=O) groups excluding carboxylic acids is 2. The molecule has 6 heteroatoms. The molecule has 0 bridgehead atoms. The number of amides is 2. The van der Waals surface area contributed by atoms with Crippen molar-refractivity contribution in [2.45, 2.75) is 18.9 Å². The highest BCUT2D eigenvalue weighted by molar-refractivity contribution is 5.82. The third-order valence-corrected chi connectivity index (χ3v) is 3.99. The van der Waals surface area contributed by atoms with E-state index in [0.29, 0.717) is 37.4 Å². The second kappa shape index (κ2) is 5.63. The van der Waals surface area contributed by atoms with Gasteiger partial charge in [0, 0.05) is 19.0 Å². The first-order valence-electron chi connectivity index (χ1n) is 7.12. The first-order valence-corrected chi connectivity index (χ1v) is 7.12. The summed E-state index contributed by atoms with van der Waals surface area (Å²) >= 11 is 0. The van der Waals surface area contributed by atoms with Gasteiger partial charge in [-0.2, -0.15) is 0 Å². The molecule has 0 radical (unpaired) electrons. The highest BCUT2D eigenvalue weighted by Gasteiger charge is 2.33. The Labute approximate surface area is 122 Å². The van der Waals surface area contributed by atoms with Gasteiger partial charge in [-0.25, -0.2) is 0 Å². The molecule has 1 fully saturated rings. The number of hydrogen-bond acceptors (Lipinski definition) is 4. The summed E-state index contributed by atoms with van der Waals surface area (Å²) in [7, 11) is 0. The first kappa shape index (κ1) is 13.7. The molecule has 2 amide bonds. The molecule has 0 saturated carbocycles. The third kappa shape index (κ3) is 2.79. The molecule has 0 spiro atoms. The molecule has 1 atom stereocenters. The fourth-order valence-corrected chi connectivity index (χ4v) is 2.73. The average Bonchev–Trinajstić information content (AvgIpc) is 2.54. The van der Waals surface area contributed by atoms with E-state index in [0.717, 1.165) is 0 Å². The van der Waals surface area contributed by atoms with E-state index in [2.05, 4.69) is 0 Å². The fraction of sp³-hybridized carbons (Fsp3) is 0.467. The van der Waals surface area contributed by atoms with E-state index in [1.807, 2.05) is 18.2 Å². The summed E-state index contributed by atoms with van der Waals surface area (Å²) in [5.74, 6) is 0.752. The minimum Gasteiger partial charge on any atom is -0.485 e. The summed E-state index contributed by atoms with van der Waals surface area (Å²) in [6.45, 7) is 1.29. The summed E-state index contributed by atoms with van der Waals surface area (Å²) in [6.07, 6.45) is 0.612. The maximum atomic E-state index is 12.4. The Morgan fingerprint density at radius 1 is 1.14 bits per heavy atom. The van der Waals surface area contributed by atoms with E-state index in [-0.39, 0.29) is 24.3 Å². The van der Waals surface area contributed by atoms with Crippen molar-refractivity contribution in [3.05, 3.63) is 24.3 Å². The van der Waals surface area contributed by atoms with Gasteiger partial charge in [0.2, 0.25) is 12.0 Å². The lowest BCUT2D eigenvalue weighted by atomic mass is 9.96. The Kier molecular flexibility index (Phi) is 3.68. The van der Waals surface area contributed by atoms with Crippen LogP contribution in [-0.4, -0.2) is 42.5 Å². The quantitative estimate of drug-likeness (QED) is 0.862. The second-order valence-electron chi connectivity index (χ2n) is 5.37. The zero-order valence-electron chi connectivity index (χ0n) is 11.7. The Morgan fingerprint density at radius 2 is 1.81 bits per heavy atom. The molecule has 6 nitrogen and oxygen atoms in total. The summed E-state index contributed by atoms with van der Waals surface area (Å²) in [6, 6.07) is 7.30. The van der Waals surface area contributed by atoms with Crippen LogP contribution >= 0.6 is 0 Å². The van der Waals surface area contributed by atoms with Crippen LogP contribution in [0.4, 0.5) is 0 Å². The Bertz CT molecular complexity index is 552. The van der Waals surface area contributed by atoms with Crippen molar-refractivity contribution in [3.63, 3.8) is 0 Å². The summed E-state index contributed by atoms with van der Waals surface area (Å²) in [4.78, 5) is 25.3. The van der Waals surface area contributed by atoms with E-state index in [9.17, 15) is 9.59 Å². The van der Waals surface area contributed by atoms with Crippen LogP contribution < -0.4 is 15.2 Å². The molecule has 2 aliphatic rings. The SMILES string of the molecule is NC(=O)C1CCN(C(=O)C2COc3ccccc3O2)CC1. The van der Waals surface area contributed by atoms with Gasteiger partial charge in [0.1, 0.15) is 6.61 Å². The van der Waals surface area contributed by atoms with Gasteiger partial charge < -0.3 is 20.1 Å². The highest BCUT2D eigenvalue weighted by atomic mass is 16.6. The number of primary amides is 1. The van der Waals surface area contributed by atoms with Crippen molar-refractivity contribution in [1.82, 2.24) is 4.90 Å². The number of ether oxygens (including phenoxy) is 2. The van der Waals surface area contributed by atoms with Gasteiger partial charge in [-0.3, -0.25) is 9.59 Å². The monoisotopic (exact) mass is 290 g/mol. The molecule has 1 unspecified atom stereocenters. The number of nitrogens with zero attached hydrogens (tertiary/aromatic N) is 1. The van der Waals surface area contributed by atoms with E-state index < -0.39 is 6.10 Å². The van der Waals surface area contributed by atoms with Gasteiger partial charge >= 0.3 is 0 Å². The van der Waals surface area contributed by atoms with Crippen molar-refractivity contribution < 1.29 is 19.1 Å². The number of nitrogens with two attached hydrogens (primary N) is 1. The zero-order valence-corrected chi connectivity index (χ0v) is 11.7. The molecule has 2 aliphatic heterocycles. The van der Waals surface area contributed by atoms with Gasteiger partial charge in [0.05, 0.1) is 0 Å². The second-order valence-corrected chi connectivity index (χ2v) is 5.37. The van der Waals surface area contributed by atoms with Crippen molar-refractivity contribution >= 4 is 11.8 Å². The number of likely N-dealkylation sites (tertiary alicyclic amines) is 1. The van der Waals surface area contributed by atoms with Crippen molar-refractivity contribution in [1.29, 1.82) is 0 Å². The van der Waals surface area contributed by atoms with Crippen LogP contribution in [0.2, 0.25) is 0 Å². The van der Waals surface area contributed by atoms with Gasteiger partial charge in [-0.1, -0.05) is 12.1 Å². The smallest absolute Gasteiger partial charge is 0.267 e. The van der Waals surface area contributed by atoms with Crippen LogP contribution in [0.5, 0.6) is 11.5 Å². The summed E-state index contributed by atoms with van der Waals surface area (Å²) in [5.41, 5.74) is 5.30. The number of benzene rings is 1. The van der Waals surface area contributed by atoms with Crippen LogP contribution in [0.15, 0.2) is 24.3 Å². The molecule has 2 heterocycles.